The third-order valence-corrected chi connectivity index (χ3v) is 4.14. The van der Waals surface area contributed by atoms with Gasteiger partial charge in [0.15, 0.2) is 5.96 Å². The van der Waals surface area contributed by atoms with Crippen molar-refractivity contribution in [3.63, 3.8) is 0 Å². The lowest BCUT2D eigenvalue weighted by atomic mass is 10.1. The molecule has 2 amide bonds. The van der Waals surface area contributed by atoms with Crippen LogP contribution < -0.4 is 20.7 Å². The van der Waals surface area contributed by atoms with Crippen LogP contribution in [0, 0.1) is 6.92 Å². The average Bonchev–Trinajstić information content (AvgIpc) is 2.64. The maximum atomic E-state index is 12.4. The molecule has 0 spiro atoms. The molecule has 0 fully saturated rings. The molecule has 0 bridgehead atoms. The SMILES string of the molecule is CCCN=C(N)NC(=O)N(C)c1c(C)cc(OCc2ccccc2)cc1Cl. The molecule has 0 atom stereocenters. The summed E-state index contributed by atoms with van der Waals surface area (Å²) in [7, 11) is 1.63. The lowest BCUT2D eigenvalue weighted by Crippen LogP contribution is -2.44. The molecule has 0 aromatic heterocycles. The number of ether oxygens (including phenoxy) is 1. The highest BCUT2D eigenvalue weighted by Crippen LogP contribution is 2.33. The van der Waals surface area contributed by atoms with Crippen molar-refractivity contribution in [2.45, 2.75) is 26.9 Å². The molecule has 0 heterocycles. The Kier molecular flexibility index (Phi) is 7.49. The van der Waals surface area contributed by atoms with Gasteiger partial charge in [0.2, 0.25) is 0 Å². The van der Waals surface area contributed by atoms with Crippen molar-refractivity contribution in [1.29, 1.82) is 0 Å². The zero-order chi connectivity index (χ0) is 19.8. The van der Waals surface area contributed by atoms with Crippen LogP contribution in [0.25, 0.3) is 0 Å². The van der Waals surface area contributed by atoms with Crippen molar-refractivity contribution in [3.05, 3.63) is 58.6 Å². The summed E-state index contributed by atoms with van der Waals surface area (Å²) in [6.07, 6.45) is 0.849. The number of urea groups is 1. The molecule has 2 aromatic carbocycles. The molecule has 0 saturated carbocycles. The average molecular weight is 389 g/mol. The summed E-state index contributed by atoms with van der Waals surface area (Å²) in [6, 6.07) is 13.0. The van der Waals surface area contributed by atoms with Gasteiger partial charge in [-0.25, -0.2) is 4.79 Å². The predicted molar refractivity (Wildman–Crippen MR) is 111 cm³/mol. The van der Waals surface area contributed by atoms with E-state index < -0.39 is 6.03 Å². The van der Waals surface area contributed by atoms with Crippen LogP contribution >= 0.6 is 11.6 Å². The molecule has 2 aromatic rings. The van der Waals surface area contributed by atoms with Crippen LogP contribution in [0.3, 0.4) is 0 Å². The van der Waals surface area contributed by atoms with Gasteiger partial charge in [0, 0.05) is 19.7 Å². The van der Waals surface area contributed by atoms with Crippen LogP contribution in [0.4, 0.5) is 10.5 Å². The van der Waals surface area contributed by atoms with Crippen LogP contribution in [-0.4, -0.2) is 25.6 Å². The largest absolute Gasteiger partial charge is 0.489 e. The molecule has 6 nitrogen and oxygen atoms in total. The maximum absolute atomic E-state index is 12.4. The summed E-state index contributed by atoms with van der Waals surface area (Å²) < 4.78 is 5.82. The first-order chi connectivity index (χ1) is 12.9. The van der Waals surface area contributed by atoms with Gasteiger partial charge in [-0.3, -0.25) is 15.2 Å². The van der Waals surface area contributed by atoms with Crippen molar-refractivity contribution in [3.8, 4) is 5.75 Å². The molecular weight excluding hydrogens is 364 g/mol. The van der Waals surface area contributed by atoms with Gasteiger partial charge in [0.25, 0.3) is 0 Å². The minimum absolute atomic E-state index is 0.0882. The van der Waals surface area contributed by atoms with E-state index in [9.17, 15) is 4.79 Å². The lowest BCUT2D eigenvalue weighted by molar-refractivity contribution is 0.251. The Balaban J connectivity index is 2.10. The van der Waals surface area contributed by atoms with Gasteiger partial charge in [-0.2, -0.15) is 0 Å². The van der Waals surface area contributed by atoms with Gasteiger partial charge in [0.05, 0.1) is 10.7 Å². The Bertz CT molecular complexity index is 786. The molecule has 0 saturated heterocycles. The number of guanidine groups is 1. The van der Waals surface area contributed by atoms with E-state index in [1.54, 1.807) is 13.1 Å². The van der Waals surface area contributed by atoms with Gasteiger partial charge in [-0.1, -0.05) is 48.9 Å². The molecule has 27 heavy (non-hydrogen) atoms. The third-order valence-electron chi connectivity index (χ3n) is 3.86. The Morgan fingerprint density at radius 1 is 1.30 bits per heavy atom. The highest BCUT2D eigenvalue weighted by atomic mass is 35.5. The number of nitrogens with zero attached hydrogens (tertiary/aromatic N) is 2. The number of carbonyl (C=O) groups excluding carboxylic acids is 1. The standard InChI is InChI=1S/C20H25ClN4O2/c1-4-10-23-19(22)24-20(26)25(3)18-14(2)11-16(12-17(18)21)27-13-15-8-6-5-7-9-15/h5-9,11-12H,4,10,13H2,1-3H3,(H3,22,23,24,26). The van der Waals surface area contributed by atoms with Crippen LogP contribution in [-0.2, 0) is 6.61 Å². The summed E-state index contributed by atoms with van der Waals surface area (Å²) in [6.45, 7) is 4.85. The van der Waals surface area contributed by atoms with Crippen LogP contribution in [0.2, 0.25) is 5.02 Å². The van der Waals surface area contributed by atoms with Crippen molar-refractivity contribution in [1.82, 2.24) is 5.32 Å². The first-order valence-electron chi connectivity index (χ1n) is 8.73. The quantitative estimate of drug-likeness (QED) is 0.577. The number of halogens is 1. The second kappa shape index (κ2) is 9.83. The molecule has 3 N–H and O–H groups in total. The van der Waals surface area contributed by atoms with E-state index in [2.05, 4.69) is 10.3 Å². The Hall–Kier alpha value is -2.73. The summed E-state index contributed by atoms with van der Waals surface area (Å²) >= 11 is 6.41. The molecule has 2 rings (SSSR count). The molecule has 144 valence electrons. The minimum atomic E-state index is -0.407. The zero-order valence-electron chi connectivity index (χ0n) is 15.8. The van der Waals surface area contributed by atoms with Crippen LogP contribution in [0.1, 0.15) is 24.5 Å². The summed E-state index contributed by atoms with van der Waals surface area (Å²) in [5, 5.41) is 2.97. The van der Waals surface area contributed by atoms with E-state index in [1.807, 2.05) is 50.2 Å². The topological polar surface area (TPSA) is 79.9 Å². The number of nitrogens with one attached hydrogen (secondary N) is 1. The fraction of sp³-hybridized carbons (Fsp3) is 0.300. The van der Waals surface area contributed by atoms with E-state index in [-0.39, 0.29) is 5.96 Å². The van der Waals surface area contributed by atoms with Crippen LogP contribution in [0.5, 0.6) is 5.75 Å². The van der Waals surface area contributed by atoms with Crippen molar-refractivity contribution < 1.29 is 9.53 Å². The number of benzene rings is 2. The Morgan fingerprint density at radius 3 is 2.63 bits per heavy atom. The fourth-order valence-corrected chi connectivity index (χ4v) is 2.90. The minimum Gasteiger partial charge on any atom is -0.489 e. The summed E-state index contributed by atoms with van der Waals surface area (Å²) in [5.41, 5.74) is 8.17. The molecule has 0 radical (unpaired) electrons. The number of amides is 2. The van der Waals surface area contributed by atoms with Gasteiger partial charge >= 0.3 is 6.03 Å². The number of rotatable bonds is 6. The number of anilines is 1. The van der Waals surface area contributed by atoms with E-state index in [0.29, 0.717) is 29.6 Å². The molecule has 0 aliphatic heterocycles. The number of carbonyl (C=O) groups is 1. The molecule has 0 aliphatic carbocycles. The fourth-order valence-electron chi connectivity index (χ4n) is 2.52. The molecular formula is C20H25ClN4O2. The van der Waals surface area contributed by atoms with Crippen LogP contribution in [0.15, 0.2) is 47.5 Å². The zero-order valence-corrected chi connectivity index (χ0v) is 16.6. The van der Waals surface area contributed by atoms with Crippen molar-refractivity contribution in [2.24, 2.45) is 10.7 Å². The van der Waals surface area contributed by atoms with E-state index >= 15 is 0 Å². The molecule has 7 heteroatoms. The highest BCUT2D eigenvalue weighted by Gasteiger charge is 2.18. The predicted octanol–water partition coefficient (Wildman–Crippen LogP) is 4.10. The Labute approximate surface area is 165 Å². The van der Waals surface area contributed by atoms with Gasteiger partial charge < -0.3 is 10.5 Å². The van der Waals surface area contributed by atoms with Crippen molar-refractivity contribution >= 4 is 29.3 Å². The van der Waals surface area contributed by atoms with E-state index in [0.717, 1.165) is 17.5 Å². The second-order valence-electron chi connectivity index (χ2n) is 6.10. The number of aryl methyl sites for hydroxylation is 1. The third kappa shape index (κ3) is 5.89. The number of nitrogens with two attached hydrogens (primary N) is 1. The summed E-state index contributed by atoms with van der Waals surface area (Å²) in [4.78, 5) is 17.8. The number of hydrogen-bond acceptors (Lipinski definition) is 3. The van der Waals surface area contributed by atoms with Gasteiger partial charge in [0.1, 0.15) is 12.4 Å². The highest BCUT2D eigenvalue weighted by molar-refractivity contribution is 6.34. The first-order valence-corrected chi connectivity index (χ1v) is 9.11. The second-order valence-corrected chi connectivity index (χ2v) is 6.51. The number of hydrogen-bond donors (Lipinski definition) is 2. The smallest absolute Gasteiger partial charge is 0.328 e. The molecule has 0 unspecified atom stereocenters. The Morgan fingerprint density at radius 2 is 2.00 bits per heavy atom. The monoisotopic (exact) mass is 388 g/mol. The van der Waals surface area contributed by atoms with Gasteiger partial charge in [-0.05, 0) is 30.5 Å². The number of aliphatic imine (C=N–C) groups is 1. The van der Waals surface area contributed by atoms with Crippen molar-refractivity contribution in [2.75, 3.05) is 18.5 Å². The first kappa shape index (κ1) is 20.6. The van der Waals surface area contributed by atoms with Gasteiger partial charge in [-0.15, -0.1) is 0 Å². The molecule has 0 aliphatic rings. The summed E-state index contributed by atoms with van der Waals surface area (Å²) in [5.74, 6) is 0.730. The maximum Gasteiger partial charge on any atom is 0.328 e. The van der Waals surface area contributed by atoms with E-state index in [4.69, 9.17) is 22.1 Å². The normalized spacial score (nSPS) is 11.2. The van der Waals surface area contributed by atoms with E-state index in [1.165, 1.54) is 4.90 Å². The lowest BCUT2D eigenvalue weighted by Gasteiger charge is -2.22.